The van der Waals surface area contributed by atoms with Gasteiger partial charge in [-0.25, -0.2) is 9.97 Å². The van der Waals surface area contributed by atoms with Crippen molar-refractivity contribution in [2.24, 2.45) is 0 Å². The Bertz CT molecular complexity index is 2430. The lowest BCUT2D eigenvalue weighted by Gasteiger charge is -2.13. The lowest BCUT2D eigenvalue weighted by atomic mass is 9.94. The zero-order valence-electron chi connectivity index (χ0n) is 31.0. The summed E-state index contributed by atoms with van der Waals surface area (Å²) in [6.45, 7) is 0. The van der Waals surface area contributed by atoms with Gasteiger partial charge in [0.1, 0.15) is 23.1 Å². The van der Waals surface area contributed by atoms with E-state index < -0.39 is 0 Å². The molecule has 9 rings (SSSR count). The summed E-state index contributed by atoms with van der Waals surface area (Å²) in [5.74, 6) is 3.04. The number of H-pyrrole nitrogens is 2. The Morgan fingerprint density at radius 2 is 0.679 bits per heavy atom. The molecule has 0 saturated heterocycles. The molecule has 2 aromatic heterocycles. The third kappa shape index (κ3) is 6.65. The summed E-state index contributed by atoms with van der Waals surface area (Å²) in [6.07, 6.45) is 0. The number of ether oxygens (including phenoxy) is 2. The topological polar surface area (TPSA) is 75.8 Å². The van der Waals surface area contributed by atoms with Crippen molar-refractivity contribution in [2.45, 2.75) is 0 Å². The first-order valence-electron chi connectivity index (χ1n) is 18.6. The smallest absolute Gasteiger partial charge is 0.139 e. The maximum absolute atomic E-state index is 5.73. The summed E-state index contributed by atoms with van der Waals surface area (Å²) in [4.78, 5) is 17.8. The van der Waals surface area contributed by atoms with Crippen molar-refractivity contribution in [1.29, 1.82) is 0 Å². The Morgan fingerprint density at radius 3 is 1.02 bits per heavy atom. The average Bonchev–Trinajstić information content (AvgIpc) is 3.94. The standard InChI is InChI=1S/C50H38N4O2/c1-55-39-27-29-41(43(31-39)49-51-45(35-15-7-3-8-16-35)46(52-49)36-17-9-4-10-18-36)33-23-25-34(26-24-33)42-30-28-40(56-2)32-44(42)50-53-47(37-19-11-5-12-20-37)48(54-50)38-21-13-6-14-22-38/h3-32H,1-2H3,(H,51,52)(H,53,54). The zero-order valence-corrected chi connectivity index (χ0v) is 31.0. The van der Waals surface area contributed by atoms with E-state index in [0.717, 1.165) is 102 Å². The van der Waals surface area contributed by atoms with Gasteiger partial charge in [-0.15, -0.1) is 0 Å². The molecule has 0 bridgehead atoms. The quantitative estimate of drug-likeness (QED) is 0.147. The van der Waals surface area contributed by atoms with E-state index in [2.05, 4.69) is 107 Å². The number of imidazole rings is 2. The van der Waals surface area contributed by atoms with E-state index >= 15 is 0 Å². The minimum absolute atomic E-state index is 0.755. The van der Waals surface area contributed by atoms with E-state index in [1.165, 1.54) is 0 Å². The van der Waals surface area contributed by atoms with Crippen LogP contribution in [-0.2, 0) is 0 Å². The van der Waals surface area contributed by atoms with Crippen molar-refractivity contribution in [3.63, 3.8) is 0 Å². The molecule has 7 aromatic carbocycles. The second-order valence-corrected chi connectivity index (χ2v) is 13.5. The molecule has 56 heavy (non-hydrogen) atoms. The third-order valence-corrected chi connectivity index (χ3v) is 10.1. The highest BCUT2D eigenvalue weighted by molar-refractivity contribution is 5.90. The fourth-order valence-electron chi connectivity index (χ4n) is 7.26. The van der Waals surface area contributed by atoms with Gasteiger partial charge in [0.25, 0.3) is 0 Å². The number of hydrogen-bond acceptors (Lipinski definition) is 4. The zero-order chi connectivity index (χ0) is 37.8. The van der Waals surface area contributed by atoms with Crippen molar-refractivity contribution >= 4 is 0 Å². The number of aromatic amines is 2. The molecular weight excluding hydrogens is 689 g/mol. The van der Waals surface area contributed by atoms with Gasteiger partial charge in [0, 0.05) is 33.4 Å². The molecule has 2 N–H and O–H groups in total. The molecule has 2 heterocycles. The number of aromatic nitrogens is 4. The van der Waals surface area contributed by atoms with Gasteiger partial charge >= 0.3 is 0 Å². The molecule has 270 valence electrons. The Morgan fingerprint density at radius 1 is 0.339 bits per heavy atom. The summed E-state index contributed by atoms with van der Waals surface area (Å²) in [5.41, 5.74) is 14.0. The van der Waals surface area contributed by atoms with Gasteiger partial charge in [0.2, 0.25) is 0 Å². The lowest BCUT2D eigenvalue weighted by molar-refractivity contribution is 0.415. The van der Waals surface area contributed by atoms with Crippen LogP contribution in [0, 0.1) is 0 Å². The van der Waals surface area contributed by atoms with Gasteiger partial charge in [-0.1, -0.05) is 146 Å². The lowest BCUT2D eigenvalue weighted by Crippen LogP contribution is -1.92. The Kier molecular flexibility index (Phi) is 9.27. The van der Waals surface area contributed by atoms with Crippen LogP contribution in [0.5, 0.6) is 11.5 Å². The predicted molar refractivity (Wildman–Crippen MR) is 227 cm³/mol. The summed E-state index contributed by atoms with van der Waals surface area (Å²) in [7, 11) is 3.38. The van der Waals surface area contributed by atoms with Crippen LogP contribution in [0.15, 0.2) is 182 Å². The van der Waals surface area contributed by atoms with Gasteiger partial charge in [0.15, 0.2) is 0 Å². The average molecular weight is 727 g/mol. The third-order valence-electron chi connectivity index (χ3n) is 10.1. The van der Waals surface area contributed by atoms with Crippen LogP contribution in [0.4, 0.5) is 0 Å². The predicted octanol–water partition coefficient (Wildman–Crippen LogP) is 12.5. The van der Waals surface area contributed by atoms with Crippen LogP contribution >= 0.6 is 0 Å². The summed E-state index contributed by atoms with van der Waals surface area (Å²) >= 11 is 0. The van der Waals surface area contributed by atoms with Gasteiger partial charge in [0.05, 0.1) is 37.0 Å². The molecule has 0 atom stereocenters. The molecule has 0 aliphatic heterocycles. The van der Waals surface area contributed by atoms with Crippen molar-refractivity contribution < 1.29 is 9.47 Å². The van der Waals surface area contributed by atoms with Crippen molar-refractivity contribution in [3.05, 3.63) is 182 Å². The molecule has 0 saturated carbocycles. The highest BCUT2D eigenvalue weighted by Gasteiger charge is 2.21. The monoisotopic (exact) mass is 726 g/mol. The molecule has 0 spiro atoms. The van der Waals surface area contributed by atoms with Gasteiger partial charge in [-0.05, 0) is 58.7 Å². The van der Waals surface area contributed by atoms with E-state index in [4.69, 9.17) is 19.4 Å². The number of hydrogen-bond donors (Lipinski definition) is 2. The molecule has 0 amide bonds. The highest BCUT2D eigenvalue weighted by atomic mass is 16.5. The van der Waals surface area contributed by atoms with Crippen LogP contribution in [0.3, 0.4) is 0 Å². The van der Waals surface area contributed by atoms with E-state index in [-0.39, 0.29) is 0 Å². The normalized spacial score (nSPS) is 11.0. The molecule has 0 radical (unpaired) electrons. The molecule has 6 heteroatoms. The molecular formula is C50H38N4O2. The minimum Gasteiger partial charge on any atom is -0.497 e. The number of nitrogens with one attached hydrogen (secondary N) is 2. The number of benzene rings is 7. The van der Waals surface area contributed by atoms with Gasteiger partial charge in [-0.2, -0.15) is 0 Å². The first-order valence-corrected chi connectivity index (χ1v) is 18.6. The maximum Gasteiger partial charge on any atom is 0.139 e. The van der Waals surface area contributed by atoms with Gasteiger partial charge in [-0.3, -0.25) is 0 Å². The van der Waals surface area contributed by atoms with Crippen LogP contribution in [0.1, 0.15) is 0 Å². The number of methoxy groups -OCH3 is 2. The first-order chi connectivity index (χ1) is 27.7. The van der Waals surface area contributed by atoms with Crippen molar-refractivity contribution in [1.82, 2.24) is 19.9 Å². The Hall–Kier alpha value is -7.44. The highest BCUT2D eigenvalue weighted by Crippen LogP contribution is 2.41. The number of nitrogens with zero attached hydrogens (tertiary/aromatic N) is 2. The fraction of sp³-hybridized carbons (Fsp3) is 0.0400. The molecule has 0 unspecified atom stereocenters. The summed E-state index contributed by atoms with van der Waals surface area (Å²) in [6, 6.07) is 62.3. The van der Waals surface area contributed by atoms with Crippen LogP contribution in [-0.4, -0.2) is 34.2 Å². The van der Waals surface area contributed by atoms with E-state index in [1.54, 1.807) is 14.2 Å². The second-order valence-electron chi connectivity index (χ2n) is 13.5. The fourth-order valence-corrected chi connectivity index (χ4v) is 7.26. The van der Waals surface area contributed by atoms with Crippen LogP contribution in [0.2, 0.25) is 0 Å². The van der Waals surface area contributed by atoms with Crippen molar-refractivity contribution in [3.8, 4) is 102 Å². The first kappa shape index (κ1) is 34.3. The van der Waals surface area contributed by atoms with Crippen LogP contribution < -0.4 is 9.47 Å². The molecule has 0 fully saturated rings. The van der Waals surface area contributed by atoms with Crippen molar-refractivity contribution in [2.75, 3.05) is 14.2 Å². The van der Waals surface area contributed by atoms with Gasteiger partial charge < -0.3 is 19.4 Å². The largest absolute Gasteiger partial charge is 0.497 e. The molecule has 6 nitrogen and oxygen atoms in total. The number of rotatable bonds is 10. The molecule has 0 aliphatic carbocycles. The summed E-state index contributed by atoms with van der Waals surface area (Å²) in [5, 5.41) is 0. The van der Waals surface area contributed by atoms with E-state index in [1.807, 2.05) is 84.9 Å². The SMILES string of the molecule is COc1ccc(-c2ccc(-c3ccc(OC)cc3-c3nc(-c4ccccc4)c(-c4ccccc4)[nH]3)cc2)c(-c2nc(-c3ccccc3)c(-c3ccccc3)[nH]2)c1. The molecule has 9 aromatic rings. The second kappa shape index (κ2) is 15.1. The van der Waals surface area contributed by atoms with Crippen LogP contribution in [0.25, 0.3) is 90.1 Å². The minimum atomic E-state index is 0.755. The summed E-state index contributed by atoms with van der Waals surface area (Å²) < 4.78 is 11.5. The maximum atomic E-state index is 5.73. The van der Waals surface area contributed by atoms with E-state index in [9.17, 15) is 0 Å². The molecule has 0 aliphatic rings. The van der Waals surface area contributed by atoms with E-state index in [0.29, 0.717) is 0 Å². The Labute approximate surface area is 326 Å². The Balaban J connectivity index is 1.14.